The Kier molecular flexibility index (Phi) is 2.86. The molecule has 0 saturated heterocycles. The van der Waals surface area contributed by atoms with E-state index >= 15 is 0 Å². The second kappa shape index (κ2) is 2.89. The van der Waals surface area contributed by atoms with Crippen molar-refractivity contribution in [3.8, 4) is 0 Å². The zero-order valence-electron chi connectivity index (χ0n) is 7.44. The maximum atomic E-state index is 8.83. The summed E-state index contributed by atoms with van der Waals surface area (Å²) in [7, 11) is 0. The Hall–Kier alpha value is -0.0800. The molecule has 2 nitrogen and oxygen atoms in total. The first-order valence-electron chi connectivity index (χ1n) is 3.67. The van der Waals surface area contributed by atoms with Gasteiger partial charge in [0.15, 0.2) is 0 Å². The lowest BCUT2D eigenvalue weighted by atomic mass is 9.82. The highest BCUT2D eigenvalue weighted by atomic mass is 16.3. The van der Waals surface area contributed by atoms with Crippen LogP contribution in [0.1, 0.15) is 34.1 Å². The van der Waals surface area contributed by atoms with E-state index in [1.807, 2.05) is 6.92 Å². The zero-order valence-corrected chi connectivity index (χ0v) is 7.44. The fraction of sp³-hybridized carbons (Fsp3) is 1.00. The van der Waals surface area contributed by atoms with Crippen LogP contribution in [0.5, 0.6) is 0 Å². The van der Waals surface area contributed by atoms with Gasteiger partial charge in [-0.3, -0.25) is 0 Å². The predicted molar refractivity (Wildman–Crippen MR) is 43.8 cm³/mol. The fourth-order valence-corrected chi connectivity index (χ4v) is 1.27. The van der Waals surface area contributed by atoms with E-state index in [9.17, 15) is 0 Å². The molecule has 1 atom stereocenters. The summed E-state index contributed by atoms with van der Waals surface area (Å²) in [5.74, 6) is 0. The maximum Gasteiger partial charge on any atom is 0.0608 e. The van der Waals surface area contributed by atoms with Crippen molar-refractivity contribution in [2.75, 3.05) is 6.61 Å². The molecule has 0 bridgehead atoms. The average Bonchev–Trinajstić information content (AvgIpc) is 1.60. The van der Waals surface area contributed by atoms with Crippen molar-refractivity contribution < 1.29 is 5.11 Å². The predicted octanol–water partition coefficient (Wildman–Crippen LogP) is 1.13. The van der Waals surface area contributed by atoms with Crippen LogP contribution in [0.2, 0.25) is 0 Å². The third kappa shape index (κ3) is 4.77. The quantitative estimate of drug-likeness (QED) is 0.612. The summed E-state index contributed by atoms with van der Waals surface area (Å²) in [6, 6.07) is 0. The molecule has 0 aromatic carbocycles. The minimum atomic E-state index is -0.418. The molecule has 0 fully saturated rings. The van der Waals surface area contributed by atoms with E-state index < -0.39 is 5.54 Å². The molecule has 0 amide bonds. The van der Waals surface area contributed by atoms with Crippen LogP contribution in [0.3, 0.4) is 0 Å². The molecule has 0 aliphatic carbocycles. The van der Waals surface area contributed by atoms with Crippen molar-refractivity contribution in [3.05, 3.63) is 0 Å². The molecule has 0 aromatic rings. The summed E-state index contributed by atoms with van der Waals surface area (Å²) in [5, 5.41) is 8.83. The third-order valence-electron chi connectivity index (χ3n) is 1.30. The molecule has 0 aliphatic heterocycles. The molecular weight excluding hydrogens is 126 g/mol. The summed E-state index contributed by atoms with van der Waals surface area (Å²) in [5.41, 5.74) is 5.53. The molecular formula is C8H19NO. The van der Waals surface area contributed by atoms with Gasteiger partial charge in [-0.05, 0) is 18.8 Å². The van der Waals surface area contributed by atoms with Crippen molar-refractivity contribution in [1.82, 2.24) is 0 Å². The van der Waals surface area contributed by atoms with Crippen LogP contribution >= 0.6 is 0 Å². The van der Waals surface area contributed by atoms with E-state index in [-0.39, 0.29) is 12.0 Å². The Balaban J connectivity index is 3.89. The van der Waals surface area contributed by atoms with Gasteiger partial charge in [0, 0.05) is 5.54 Å². The molecule has 3 N–H and O–H groups in total. The maximum absolute atomic E-state index is 8.83. The topological polar surface area (TPSA) is 46.2 Å². The third-order valence-corrected chi connectivity index (χ3v) is 1.30. The Labute approximate surface area is 63.4 Å². The Morgan fingerprint density at radius 3 is 1.70 bits per heavy atom. The van der Waals surface area contributed by atoms with Crippen LogP contribution in [0.15, 0.2) is 0 Å². The summed E-state index contributed by atoms with van der Waals surface area (Å²) < 4.78 is 0. The highest BCUT2D eigenvalue weighted by Crippen LogP contribution is 2.24. The molecule has 10 heavy (non-hydrogen) atoms. The van der Waals surface area contributed by atoms with Gasteiger partial charge in [0.05, 0.1) is 6.61 Å². The van der Waals surface area contributed by atoms with Gasteiger partial charge in [0.1, 0.15) is 0 Å². The lowest BCUT2D eigenvalue weighted by Gasteiger charge is -2.30. The number of aliphatic hydroxyl groups excluding tert-OH is 1. The summed E-state index contributed by atoms with van der Waals surface area (Å²) in [6.45, 7) is 8.29. The molecule has 2 heteroatoms. The summed E-state index contributed by atoms with van der Waals surface area (Å²) in [4.78, 5) is 0. The van der Waals surface area contributed by atoms with Crippen molar-refractivity contribution in [3.63, 3.8) is 0 Å². The molecule has 62 valence electrons. The van der Waals surface area contributed by atoms with Crippen molar-refractivity contribution in [2.24, 2.45) is 11.1 Å². The standard InChI is InChI=1S/C8H19NO/c1-7(2,3)5-8(4,9)6-10/h10H,5-6,9H2,1-4H3. The van der Waals surface area contributed by atoms with Gasteiger partial charge in [0.2, 0.25) is 0 Å². The molecule has 0 aromatic heterocycles. The van der Waals surface area contributed by atoms with Crippen molar-refractivity contribution in [1.29, 1.82) is 0 Å². The number of nitrogens with two attached hydrogens (primary N) is 1. The SMILES string of the molecule is CC(C)(C)CC(C)(N)CO. The minimum absolute atomic E-state index is 0.0598. The van der Waals surface area contributed by atoms with E-state index in [4.69, 9.17) is 10.8 Å². The van der Waals surface area contributed by atoms with Gasteiger partial charge in [0.25, 0.3) is 0 Å². The first-order chi connectivity index (χ1) is 4.27. The first-order valence-corrected chi connectivity index (χ1v) is 3.67. The van der Waals surface area contributed by atoms with Crippen LogP contribution in [-0.4, -0.2) is 17.3 Å². The van der Waals surface area contributed by atoms with E-state index in [2.05, 4.69) is 20.8 Å². The van der Waals surface area contributed by atoms with Gasteiger partial charge in [-0.2, -0.15) is 0 Å². The van der Waals surface area contributed by atoms with Crippen LogP contribution in [-0.2, 0) is 0 Å². The van der Waals surface area contributed by atoms with E-state index in [0.717, 1.165) is 6.42 Å². The van der Waals surface area contributed by atoms with Gasteiger partial charge in [-0.1, -0.05) is 20.8 Å². The highest BCUT2D eigenvalue weighted by Gasteiger charge is 2.24. The van der Waals surface area contributed by atoms with Gasteiger partial charge >= 0.3 is 0 Å². The molecule has 0 radical (unpaired) electrons. The second-order valence-electron chi connectivity index (χ2n) is 4.55. The normalized spacial score (nSPS) is 18.6. The van der Waals surface area contributed by atoms with E-state index in [0.29, 0.717) is 0 Å². The lowest BCUT2D eigenvalue weighted by Crippen LogP contribution is -2.43. The lowest BCUT2D eigenvalue weighted by molar-refractivity contribution is 0.161. The number of hydrogen-bond acceptors (Lipinski definition) is 2. The fourth-order valence-electron chi connectivity index (χ4n) is 1.27. The summed E-state index contributed by atoms with van der Waals surface area (Å²) in [6.07, 6.45) is 0.844. The van der Waals surface area contributed by atoms with Crippen LogP contribution in [0.4, 0.5) is 0 Å². The number of hydrogen-bond donors (Lipinski definition) is 2. The smallest absolute Gasteiger partial charge is 0.0608 e. The van der Waals surface area contributed by atoms with Crippen LogP contribution in [0.25, 0.3) is 0 Å². The van der Waals surface area contributed by atoms with Gasteiger partial charge in [-0.25, -0.2) is 0 Å². The first kappa shape index (κ1) is 9.92. The van der Waals surface area contributed by atoms with E-state index in [1.54, 1.807) is 0 Å². The van der Waals surface area contributed by atoms with Crippen LogP contribution < -0.4 is 5.73 Å². The van der Waals surface area contributed by atoms with E-state index in [1.165, 1.54) is 0 Å². The Morgan fingerprint density at radius 2 is 1.60 bits per heavy atom. The van der Waals surface area contributed by atoms with Gasteiger partial charge in [-0.15, -0.1) is 0 Å². The molecule has 0 saturated carbocycles. The monoisotopic (exact) mass is 145 g/mol. The number of aliphatic hydroxyl groups is 1. The summed E-state index contributed by atoms with van der Waals surface area (Å²) >= 11 is 0. The molecule has 0 aliphatic rings. The zero-order chi connectivity index (χ0) is 8.41. The average molecular weight is 145 g/mol. The van der Waals surface area contributed by atoms with Crippen LogP contribution in [0, 0.1) is 5.41 Å². The Morgan fingerprint density at radius 1 is 1.20 bits per heavy atom. The van der Waals surface area contributed by atoms with Crippen molar-refractivity contribution in [2.45, 2.75) is 39.7 Å². The van der Waals surface area contributed by atoms with Crippen molar-refractivity contribution >= 4 is 0 Å². The Bertz CT molecular complexity index is 102. The van der Waals surface area contributed by atoms with Gasteiger partial charge < -0.3 is 10.8 Å². The molecule has 0 heterocycles. The minimum Gasteiger partial charge on any atom is -0.394 e. The molecule has 1 unspecified atom stereocenters. The largest absolute Gasteiger partial charge is 0.394 e. The number of rotatable bonds is 2. The molecule has 0 rings (SSSR count). The molecule has 0 spiro atoms. The highest BCUT2D eigenvalue weighted by molar-refractivity contribution is 4.82. The second-order valence-corrected chi connectivity index (χ2v) is 4.55.